The van der Waals surface area contributed by atoms with Gasteiger partial charge in [0.05, 0.1) is 18.7 Å². The van der Waals surface area contributed by atoms with E-state index in [9.17, 15) is 0 Å². The fraction of sp³-hybridized carbons (Fsp3) is 0.333. The van der Waals surface area contributed by atoms with E-state index in [2.05, 4.69) is 35.1 Å². The Labute approximate surface area is 177 Å². The third-order valence-corrected chi connectivity index (χ3v) is 4.49. The van der Waals surface area contributed by atoms with Gasteiger partial charge in [-0.2, -0.15) is 0 Å². The number of anilines is 2. The summed E-state index contributed by atoms with van der Waals surface area (Å²) in [5, 5.41) is 4.17. The van der Waals surface area contributed by atoms with Crippen molar-refractivity contribution >= 4 is 22.4 Å². The number of hydrogen-bond donors (Lipinski definition) is 1. The van der Waals surface area contributed by atoms with E-state index in [1.54, 1.807) is 7.11 Å². The highest BCUT2D eigenvalue weighted by molar-refractivity contribution is 5.93. The number of nitrogens with zero attached hydrogens (tertiary/aromatic N) is 2. The summed E-state index contributed by atoms with van der Waals surface area (Å²) in [6, 6.07) is 11.4. The summed E-state index contributed by atoms with van der Waals surface area (Å²) in [6.45, 7) is 5.85. The van der Waals surface area contributed by atoms with E-state index in [1.165, 1.54) is 6.33 Å². The summed E-state index contributed by atoms with van der Waals surface area (Å²) < 4.78 is 17.0. The van der Waals surface area contributed by atoms with Gasteiger partial charge in [0.2, 0.25) is 0 Å². The summed E-state index contributed by atoms with van der Waals surface area (Å²) in [5.41, 5.74) is 2.40. The Morgan fingerprint density at radius 1 is 1.03 bits per heavy atom. The molecule has 1 N–H and O–H groups in total. The molecule has 3 aromatic rings. The van der Waals surface area contributed by atoms with E-state index in [4.69, 9.17) is 20.6 Å². The third kappa shape index (κ3) is 5.62. The van der Waals surface area contributed by atoms with Gasteiger partial charge in [0.25, 0.3) is 0 Å². The predicted molar refractivity (Wildman–Crippen MR) is 120 cm³/mol. The van der Waals surface area contributed by atoms with Crippen molar-refractivity contribution in [3.05, 3.63) is 48.3 Å². The number of fused-ring (bicyclic) bond motifs is 1. The van der Waals surface area contributed by atoms with Crippen LogP contribution in [0.5, 0.6) is 11.5 Å². The summed E-state index contributed by atoms with van der Waals surface area (Å²) in [6.07, 6.45) is 7.99. The van der Waals surface area contributed by atoms with Crippen LogP contribution in [0.25, 0.3) is 10.9 Å². The van der Waals surface area contributed by atoms with Gasteiger partial charge in [-0.3, -0.25) is 0 Å². The maximum absolute atomic E-state index is 6.05. The molecule has 0 spiro atoms. The van der Waals surface area contributed by atoms with Gasteiger partial charge in [-0.1, -0.05) is 25.8 Å². The Morgan fingerprint density at radius 3 is 2.60 bits per heavy atom. The molecule has 0 aliphatic carbocycles. The molecule has 0 unspecified atom stereocenters. The first-order valence-corrected chi connectivity index (χ1v) is 9.97. The molecule has 0 aliphatic rings. The van der Waals surface area contributed by atoms with E-state index in [-0.39, 0.29) is 0 Å². The second-order valence-electron chi connectivity index (χ2n) is 7.26. The molecule has 6 nitrogen and oxygen atoms in total. The summed E-state index contributed by atoms with van der Waals surface area (Å²) >= 11 is 0. The number of rotatable bonds is 10. The molecule has 0 saturated heterocycles. The van der Waals surface area contributed by atoms with Crippen LogP contribution in [-0.4, -0.2) is 36.9 Å². The molecule has 30 heavy (non-hydrogen) atoms. The molecular formula is C24H27N3O3. The quantitative estimate of drug-likeness (QED) is 0.386. The molecule has 0 bridgehead atoms. The minimum absolute atomic E-state index is 0.428. The number of hydrogen-bond acceptors (Lipinski definition) is 6. The Morgan fingerprint density at radius 2 is 1.83 bits per heavy atom. The fourth-order valence-corrected chi connectivity index (χ4v) is 2.85. The normalized spacial score (nSPS) is 10.8. The van der Waals surface area contributed by atoms with E-state index in [0.29, 0.717) is 43.1 Å². The number of nitrogens with one attached hydrogen (secondary N) is 1. The van der Waals surface area contributed by atoms with Crippen LogP contribution in [0.1, 0.15) is 25.8 Å². The van der Waals surface area contributed by atoms with Gasteiger partial charge in [-0.25, -0.2) is 9.97 Å². The van der Waals surface area contributed by atoms with Crippen molar-refractivity contribution < 1.29 is 14.2 Å². The highest BCUT2D eigenvalue weighted by Crippen LogP contribution is 2.35. The highest BCUT2D eigenvalue weighted by Gasteiger charge is 2.13. The smallest absolute Gasteiger partial charge is 0.163 e. The Kier molecular flexibility index (Phi) is 7.47. The lowest BCUT2D eigenvalue weighted by Crippen LogP contribution is -2.08. The molecule has 2 aromatic carbocycles. The van der Waals surface area contributed by atoms with Crippen molar-refractivity contribution in [1.82, 2.24) is 9.97 Å². The second-order valence-corrected chi connectivity index (χ2v) is 7.26. The van der Waals surface area contributed by atoms with Gasteiger partial charge in [0.1, 0.15) is 18.8 Å². The first-order chi connectivity index (χ1) is 14.6. The Balaban J connectivity index is 1.95. The minimum atomic E-state index is 0.428. The van der Waals surface area contributed by atoms with Crippen molar-refractivity contribution in [3.63, 3.8) is 0 Å². The number of aromatic nitrogens is 2. The van der Waals surface area contributed by atoms with Crippen LogP contribution in [0.3, 0.4) is 0 Å². The minimum Gasteiger partial charge on any atom is -0.490 e. The van der Waals surface area contributed by atoms with Gasteiger partial charge in [0.15, 0.2) is 11.5 Å². The van der Waals surface area contributed by atoms with Crippen LogP contribution in [0.15, 0.2) is 42.7 Å². The number of methoxy groups -OCH3 is 1. The van der Waals surface area contributed by atoms with Gasteiger partial charge in [-0.05, 0) is 36.6 Å². The SMILES string of the molecule is C#Cc1cccc(Nc2ncnc3cc(OCCOC)c(OCCC(C)C)cc23)c1. The van der Waals surface area contributed by atoms with E-state index in [0.717, 1.165) is 28.6 Å². The standard InChI is InChI=1S/C24H27N3O3/c1-5-18-7-6-8-19(13-18)27-24-20-14-22(29-10-9-17(2)3)23(30-12-11-28-4)15-21(20)25-16-26-24/h1,6-8,13-17H,9-12H2,2-4H3,(H,25,26,27). The molecular weight excluding hydrogens is 378 g/mol. The Bertz CT molecular complexity index is 1030. The lowest BCUT2D eigenvalue weighted by molar-refractivity contribution is 0.143. The van der Waals surface area contributed by atoms with Crippen LogP contribution in [-0.2, 0) is 4.74 Å². The molecule has 0 fully saturated rings. The van der Waals surface area contributed by atoms with Gasteiger partial charge < -0.3 is 19.5 Å². The topological polar surface area (TPSA) is 65.5 Å². The summed E-state index contributed by atoms with van der Waals surface area (Å²) in [7, 11) is 1.64. The number of benzene rings is 2. The van der Waals surface area contributed by atoms with Crippen LogP contribution < -0.4 is 14.8 Å². The van der Waals surface area contributed by atoms with E-state index in [1.807, 2.05) is 36.4 Å². The van der Waals surface area contributed by atoms with E-state index < -0.39 is 0 Å². The van der Waals surface area contributed by atoms with Gasteiger partial charge in [-0.15, -0.1) is 6.42 Å². The molecule has 156 valence electrons. The zero-order chi connectivity index (χ0) is 21.3. The van der Waals surface area contributed by atoms with Crippen LogP contribution in [0, 0.1) is 18.3 Å². The average molecular weight is 405 g/mol. The molecule has 0 aliphatic heterocycles. The molecule has 1 aromatic heterocycles. The van der Waals surface area contributed by atoms with Crippen molar-refractivity contribution in [2.24, 2.45) is 5.92 Å². The molecule has 0 radical (unpaired) electrons. The molecule has 0 saturated carbocycles. The maximum Gasteiger partial charge on any atom is 0.163 e. The molecule has 3 rings (SSSR count). The first-order valence-electron chi connectivity index (χ1n) is 9.97. The van der Waals surface area contributed by atoms with Crippen molar-refractivity contribution in [3.8, 4) is 23.8 Å². The lowest BCUT2D eigenvalue weighted by Gasteiger charge is -2.16. The van der Waals surface area contributed by atoms with Crippen LogP contribution in [0.4, 0.5) is 11.5 Å². The first kappa shape index (κ1) is 21.4. The maximum atomic E-state index is 6.05. The van der Waals surface area contributed by atoms with Crippen molar-refractivity contribution in [1.29, 1.82) is 0 Å². The lowest BCUT2D eigenvalue weighted by atomic mass is 10.1. The third-order valence-electron chi connectivity index (χ3n) is 4.49. The molecule has 0 amide bonds. The second kappa shape index (κ2) is 10.5. The Hall–Kier alpha value is -3.30. The van der Waals surface area contributed by atoms with Crippen LogP contribution >= 0.6 is 0 Å². The summed E-state index contributed by atoms with van der Waals surface area (Å²) in [4.78, 5) is 8.83. The zero-order valence-electron chi connectivity index (χ0n) is 17.6. The molecule has 1 heterocycles. The zero-order valence-corrected chi connectivity index (χ0v) is 17.6. The largest absolute Gasteiger partial charge is 0.490 e. The average Bonchev–Trinajstić information content (AvgIpc) is 2.74. The molecule has 0 atom stereocenters. The predicted octanol–water partition coefficient (Wildman–Crippen LogP) is 4.80. The molecule has 6 heteroatoms. The summed E-state index contributed by atoms with van der Waals surface area (Å²) in [5.74, 6) is 5.17. The van der Waals surface area contributed by atoms with Gasteiger partial charge >= 0.3 is 0 Å². The highest BCUT2D eigenvalue weighted by atomic mass is 16.5. The van der Waals surface area contributed by atoms with Gasteiger partial charge in [0, 0.05) is 29.8 Å². The fourth-order valence-electron chi connectivity index (χ4n) is 2.85. The van der Waals surface area contributed by atoms with Crippen molar-refractivity contribution in [2.45, 2.75) is 20.3 Å². The van der Waals surface area contributed by atoms with E-state index >= 15 is 0 Å². The van der Waals surface area contributed by atoms with Crippen LogP contribution in [0.2, 0.25) is 0 Å². The number of ether oxygens (including phenoxy) is 3. The number of terminal acetylenes is 1. The monoisotopic (exact) mass is 405 g/mol. The van der Waals surface area contributed by atoms with Crippen molar-refractivity contribution in [2.75, 3.05) is 32.2 Å².